The number of pyridine rings is 1. The lowest BCUT2D eigenvalue weighted by Gasteiger charge is -2.28. The van der Waals surface area contributed by atoms with E-state index in [0.717, 1.165) is 30.3 Å². The minimum Gasteiger partial charge on any atom is -0.310 e. The van der Waals surface area contributed by atoms with E-state index in [1.54, 1.807) is 18.2 Å². The molecule has 0 spiro atoms. The van der Waals surface area contributed by atoms with Gasteiger partial charge < -0.3 is 4.90 Å². The van der Waals surface area contributed by atoms with Crippen LogP contribution in [0, 0.1) is 0 Å². The van der Waals surface area contributed by atoms with Crippen molar-refractivity contribution < 1.29 is 23.1 Å². The molecule has 10 heteroatoms. The summed E-state index contributed by atoms with van der Waals surface area (Å²) in [5, 5.41) is 8.64. The second-order valence-electron chi connectivity index (χ2n) is 6.77. The maximum atomic E-state index is 12.7. The van der Waals surface area contributed by atoms with E-state index in [0.29, 0.717) is 36.5 Å². The molecule has 3 heterocycles. The first-order valence-electron chi connectivity index (χ1n) is 8.92. The molecule has 0 amide bonds. The van der Waals surface area contributed by atoms with E-state index in [1.807, 2.05) is 11.0 Å². The van der Waals surface area contributed by atoms with Gasteiger partial charge in [-0.05, 0) is 18.2 Å². The highest BCUT2D eigenvalue weighted by atomic mass is 19.4. The van der Waals surface area contributed by atoms with Gasteiger partial charge in [0.2, 0.25) is 0 Å². The number of quaternary nitrogens is 1. The molecule has 1 aliphatic rings. The van der Waals surface area contributed by atoms with Gasteiger partial charge in [-0.1, -0.05) is 17.3 Å². The van der Waals surface area contributed by atoms with Gasteiger partial charge in [0.05, 0.1) is 10.9 Å². The van der Waals surface area contributed by atoms with E-state index in [1.165, 1.54) is 10.7 Å². The average Bonchev–Trinajstić information content (AvgIpc) is 2.70. The van der Waals surface area contributed by atoms with E-state index >= 15 is 0 Å². The number of aromatic nitrogens is 4. The number of rotatable bonds is 3. The zero-order valence-corrected chi connectivity index (χ0v) is 14.9. The quantitative estimate of drug-likeness (QED) is 0.681. The van der Waals surface area contributed by atoms with Crippen molar-refractivity contribution in [3.8, 4) is 0 Å². The number of nitrogens with zero attached hydrogens (tertiary/aromatic N) is 4. The summed E-state index contributed by atoms with van der Waals surface area (Å²) in [7, 11) is 0. The maximum absolute atomic E-state index is 12.7. The highest BCUT2D eigenvalue weighted by Gasteiger charge is 2.33. The molecule has 0 unspecified atom stereocenters. The van der Waals surface area contributed by atoms with Crippen LogP contribution in [0.4, 0.5) is 19.0 Å². The van der Waals surface area contributed by atoms with Gasteiger partial charge in [-0.15, -0.1) is 5.10 Å². The molecule has 1 fully saturated rings. The van der Waals surface area contributed by atoms with Crippen LogP contribution >= 0.6 is 0 Å². The first kappa shape index (κ1) is 18.4. The number of piperazine rings is 1. The average molecular weight is 392 g/mol. The topological polar surface area (TPSA) is 69.6 Å². The Balaban J connectivity index is 1.41. The van der Waals surface area contributed by atoms with Gasteiger partial charge in [0.15, 0.2) is 6.67 Å². The van der Waals surface area contributed by atoms with E-state index in [4.69, 9.17) is 0 Å². The number of halogens is 3. The molecule has 146 valence electrons. The fraction of sp³-hybridized carbons (Fsp3) is 0.333. The van der Waals surface area contributed by atoms with Crippen molar-refractivity contribution in [1.29, 1.82) is 0 Å². The summed E-state index contributed by atoms with van der Waals surface area (Å²) in [6.07, 6.45) is -3.37. The number of hydrogen-bond donors (Lipinski definition) is 1. The van der Waals surface area contributed by atoms with Crippen LogP contribution in [0.1, 0.15) is 5.56 Å². The van der Waals surface area contributed by atoms with Crippen molar-refractivity contribution in [1.82, 2.24) is 15.0 Å². The number of hydrogen-bond acceptors (Lipinski definition) is 4. The van der Waals surface area contributed by atoms with Crippen LogP contribution in [-0.4, -0.2) is 41.2 Å². The molecule has 1 aliphatic heterocycles. The summed E-state index contributed by atoms with van der Waals surface area (Å²) >= 11 is 0. The van der Waals surface area contributed by atoms with Crippen molar-refractivity contribution >= 4 is 16.7 Å². The number of H-pyrrole nitrogens is 1. The molecular formula is C18H19F3N6O+2. The summed E-state index contributed by atoms with van der Waals surface area (Å²) in [6, 6.07) is 9.62. The number of alkyl halides is 3. The molecule has 1 aromatic carbocycles. The third-order valence-electron chi connectivity index (χ3n) is 4.94. The monoisotopic (exact) mass is 392 g/mol. The smallest absolute Gasteiger partial charge is 0.310 e. The van der Waals surface area contributed by atoms with Crippen molar-refractivity contribution in [2.75, 3.05) is 31.1 Å². The lowest BCUT2D eigenvalue weighted by Crippen LogP contribution is -3.14. The van der Waals surface area contributed by atoms with Crippen molar-refractivity contribution in [2.24, 2.45) is 0 Å². The Kier molecular flexibility index (Phi) is 4.71. The van der Waals surface area contributed by atoms with Crippen LogP contribution in [0.15, 0.2) is 47.4 Å². The van der Waals surface area contributed by atoms with Crippen molar-refractivity contribution in [2.45, 2.75) is 12.8 Å². The van der Waals surface area contributed by atoms with Gasteiger partial charge in [-0.3, -0.25) is 9.69 Å². The molecule has 2 N–H and O–H groups in total. The third-order valence-corrected chi connectivity index (χ3v) is 4.94. The van der Waals surface area contributed by atoms with Crippen LogP contribution in [-0.2, 0) is 12.8 Å². The minimum absolute atomic E-state index is 0.170. The van der Waals surface area contributed by atoms with E-state index in [-0.39, 0.29) is 5.56 Å². The van der Waals surface area contributed by atoms with Gasteiger partial charge in [0.25, 0.3) is 11.4 Å². The number of aromatic amines is 1. The zero-order valence-electron chi connectivity index (χ0n) is 14.9. The van der Waals surface area contributed by atoms with Crippen molar-refractivity contribution in [3.63, 3.8) is 0 Å². The van der Waals surface area contributed by atoms with Crippen LogP contribution in [0.5, 0.6) is 0 Å². The standard InChI is InChI=1S/C18H17F3N6O/c19-18(20,21)13-5-6-16(22-11-13)26-9-7-25(8-10-26)12-27-17(28)14-3-1-2-4-15(14)23-24-27/h1-6,11H,7-10,12H2/p+2. The number of anilines is 1. The molecule has 0 aliphatic carbocycles. The highest BCUT2D eigenvalue weighted by molar-refractivity contribution is 5.76. The Morgan fingerprint density at radius 2 is 1.86 bits per heavy atom. The van der Waals surface area contributed by atoms with E-state index in [9.17, 15) is 18.0 Å². The van der Waals surface area contributed by atoms with Gasteiger partial charge in [-0.2, -0.15) is 17.9 Å². The summed E-state index contributed by atoms with van der Waals surface area (Å²) in [5.41, 5.74) is -0.298. The molecular weight excluding hydrogens is 373 g/mol. The van der Waals surface area contributed by atoms with Crippen LogP contribution in [0.3, 0.4) is 0 Å². The second-order valence-corrected chi connectivity index (χ2v) is 6.77. The van der Waals surface area contributed by atoms with Crippen LogP contribution < -0.4 is 20.3 Å². The molecule has 0 atom stereocenters. The lowest BCUT2D eigenvalue weighted by atomic mass is 10.2. The molecule has 3 aromatic rings. The first-order valence-corrected chi connectivity index (χ1v) is 8.92. The lowest BCUT2D eigenvalue weighted by molar-refractivity contribution is -0.924. The maximum Gasteiger partial charge on any atom is 0.419 e. The predicted octanol–water partition coefficient (Wildman–Crippen LogP) is -0.0130. The molecule has 0 bridgehead atoms. The fourth-order valence-corrected chi connectivity index (χ4v) is 3.35. The summed E-state index contributed by atoms with van der Waals surface area (Å²) in [5.74, 6) is 0.648. The van der Waals surface area contributed by atoms with Crippen LogP contribution in [0.25, 0.3) is 10.9 Å². The zero-order chi connectivity index (χ0) is 19.7. The summed E-state index contributed by atoms with van der Waals surface area (Å²) in [4.78, 5) is 18.4. The highest BCUT2D eigenvalue weighted by Crippen LogP contribution is 2.28. The molecule has 0 radical (unpaired) electrons. The van der Waals surface area contributed by atoms with Crippen LogP contribution in [0.2, 0.25) is 0 Å². The van der Waals surface area contributed by atoms with Gasteiger partial charge in [0.1, 0.15) is 37.9 Å². The minimum atomic E-state index is -4.36. The Morgan fingerprint density at radius 3 is 2.54 bits per heavy atom. The van der Waals surface area contributed by atoms with E-state index < -0.39 is 11.7 Å². The number of benzene rings is 1. The summed E-state index contributed by atoms with van der Waals surface area (Å²) in [6.45, 7) is 3.19. The molecule has 0 saturated carbocycles. The Bertz CT molecular complexity index is 1030. The fourth-order valence-electron chi connectivity index (χ4n) is 3.35. The predicted molar refractivity (Wildman–Crippen MR) is 94.7 cm³/mol. The second kappa shape index (κ2) is 7.19. The molecule has 4 rings (SSSR count). The van der Waals surface area contributed by atoms with Crippen molar-refractivity contribution in [3.05, 3.63) is 58.5 Å². The molecule has 28 heavy (non-hydrogen) atoms. The largest absolute Gasteiger partial charge is 0.419 e. The van der Waals surface area contributed by atoms with Gasteiger partial charge in [-0.25, -0.2) is 4.98 Å². The number of fused-ring (bicyclic) bond motifs is 1. The summed E-state index contributed by atoms with van der Waals surface area (Å²) < 4.78 is 39.4. The molecule has 2 aromatic heterocycles. The Morgan fingerprint density at radius 1 is 1.11 bits per heavy atom. The van der Waals surface area contributed by atoms with Gasteiger partial charge >= 0.3 is 6.18 Å². The molecule has 7 nitrogen and oxygen atoms in total. The number of nitrogens with one attached hydrogen (secondary N) is 2. The SMILES string of the molecule is O=c1c2ccccc2nnn1C[NH+]1CCN(c2ccc(C(F)(F)F)c[nH+]2)CC1. The Hall–Kier alpha value is -3.01. The first-order chi connectivity index (χ1) is 13.4. The Labute approximate surface area is 158 Å². The van der Waals surface area contributed by atoms with E-state index in [2.05, 4.69) is 15.3 Å². The van der Waals surface area contributed by atoms with Gasteiger partial charge in [0, 0.05) is 6.07 Å². The molecule has 1 saturated heterocycles. The normalized spacial score (nSPS) is 15.9. The third kappa shape index (κ3) is 3.68.